The Balaban J connectivity index is 2.46. The zero-order valence-electron chi connectivity index (χ0n) is 5.29. The Hall–Kier alpha value is -1.37. The van der Waals surface area contributed by atoms with Crippen molar-refractivity contribution in [2.24, 2.45) is 0 Å². The smallest absolute Gasteiger partial charge is 0.234 e. The summed E-state index contributed by atoms with van der Waals surface area (Å²) in [5.41, 5.74) is 2.80. The van der Waals surface area contributed by atoms with Crippen molar-refractivity contribution in [3.05, 3.63) is 47.1 Å². The van der Waals surface area contributed by atoms with Gasteiger partial charge in [0, 0.05) is 5.57 Å². The lowest BCUT2D eigenvalue weighted by atomic mass is 10.1. The van der Waals surface area contributed by atoms with E-state index in [1.54, 1.807) is 6.08 Å². The largest absolute Gasteiger partial charge is 0.285 e. The number of hydrogen-bond donors (Lipinski definition) is 0. The highest BCUT2D eigenvalue weighted by molar-refractivity contribution is 5.88. The molecule has 0 aliphatic heterocycles. The molecular weight excluding hydrogens is 124 g/mol. The first-order chi connectivity index (χ1) is 4.92. The van der Waals surface area contributed by atoms with Crippen LogP contribution in [-0.2, 0) is 4.79 Å². The fourth-order valence-electron chi connectivity index (χ4n) is 1.18. The lowest BCUT2D eigenvalue weighted by Gasteiger charge is -1.92. The van der Waals surface area contributed by atoms with E-state index in [1.807, 2.05) is 30.6 Å². The third kappa shape index (κ3) is 0.545. The molecule has 1 nitrogen and oxygen atoms in total. The highest BCUT2D eigenvalue weighted by Crippen LogP contribution is 2.29. The van der Waals surface area contributed by atoms with E-state index in [4.69, 9.17) is 0 Å². The Kier molecular flexibility index (Phi) is 0.978. The van der Waals surface area contributed by atoms with E-state index in [-0.39, 0.29) is 0 Å². The number of fused-ring (bicyclic) bond motifs is 1. The molecule has 2 aliphatic carbocycles. The topological polar surface area (TPSA) is 17.1 Å². The second kappa shape index (κ2) is 1.81. The van der Waals surface area contributed by atoms with Gasteiger partial charge in [0.1, 0.15) is 0 Å². The monoisotopic (exact) mass is 129 g/mol. The maximum Gasteiger partial charge on any atom is 0.234 e. The summed E-state index contributed by atoms with van der Waals surface area (Å²) in [6.07, 6.45) is 11.4. The van der Waals surface area contributed by atoms with E-state index < -0.39 is 0 Å². The van der Waals surface area contributed by atoms with Crippen LogP contribution < -0.4 is 0 Å². The van der Waals surface area contributed by atoms with Gasteiger partial charge in [0.25, 0.3) is 0 Å². The number of hydrogen-bond acceptors (Lipinski definition) is 1. The second-order valence-electron chi connectivity index (χ2n) is 2.24. The van der Waals surface area contributed by atoms with Crippen LogP contribution in [0.1, 0.15) is 0 Å². The highest BCUT2D eigenvalue weighted by atomic mass is 16.1. The normalized spacial score (nSPS) is 19.8. The summed E-state index contributed by atoms with van der Waals surface area (Å²) >= 11 is 0. The van der Waals surface area contributed by atoms with Crippen molar-refractivity contribution in [1.29, 1.82) is 0 Å². The molecule has 0 unspecified atom stereocenters. The standard InChI is InChI=1S/C9H5O/c10-6-8-5-4-7-2-1-3-9(7)8/h1-5H. The van der Waals surface area contributed by atoms with Crippen molar-refractivity contribution < 1.29 is 4.79 Å². The van der Waals surface area contributed by atoms with E-state index >= 15 is 0 Å². The Morgan fingerprint density at radius 2 is 2.10 bits per heavy atom. The molecule has 0 atom stereocenters. The van der Waals surface area contributed by atoms with Gasteiger partial charge in [0.15, 0.2) is 0 Å². The maximum atomic E-state index is 10.3. The van der Waals surface area contributed by atoms with Crippen LogP contribution in [0, 0.1) is 0 Å². The van der Waals surface area contributed by atoms with Crippen LogP contribution in [0.5, 0.6) is 0 Å². The molecule has 0 spiro atoms. The summed E-state index contributed by atoms with van der Waals surface area (Å²) in [5, 5.41) is 0. The molecule has 2 rings (SSSR count). The van der Waals surface area contributed by atoms with E-state index in [1.165, 1.54) is 0 Å². The van der Waals surface area contributed by atoms with Gasteiger partial charge in [0.2, 0.25) is 6.29 Å². The molecule has 0 N–H and O–H groups in total. The molecule has 2 aliphatic rings. The second-order valence-corrected chi connectivity index (χ2v) is 2.24. The summed E-state index contributed by atoms with van der Waals surface area (Å²) in [6, 6.07) is 0. The highest BCUT2D eigenvalue weighted by Gasteiger charge is 2.15. The zero-order valence-corrected chi connectivity index (χ0v) is 5.29. The van der Waals surface area contributed by atoms with Crippen LogP contribution in [0.4, 0.5) is 0 Å². The van der Waals surface area contributed by atoms with Crippen molar-refractivity contribution in [2.45, 2.75) is 0 Å². The summed E-state index contributed by atoms with van der Waals surface area (Å²) < 4.78 is 0. The summed E-state index contributed by atoms with van der Waals surface area (Å²) in [6.45, 7) is 0. The summed E-state index contributed by atoms with van der Waals surface area (Å²) in [7, 11) is 0. The molecule has 0 fully saturated rings. The molecule has 0 amide bonds. The molecule has 0 heterocycles. The van der Waals surface area contributed by atoms with E-state index in [0.717, 1.165) is 11.1 Å². The maximum absolute atomic E-state index is 10.3. The van der Waals surface area contributed by atoms with Crippen molar-refractivity contribution in [2.75, 3.05) is 0 Å². The van der Waals surface area contributed by atoms with Gasteiger partial charge < -0.3 is 0 Å². The van der Waals surface area contributed by atoms with Crippen LogP contribution in [0.2, 0.25) is 0 Å². The molecule has 0 aromatic carbocycles. The minimum absolute atomic E-state index is 0.667. The Morgan fingerprint density at radius 3 is 2.90 bits per heavy atom. The Labute approximate surface area is 59.1 Å². The van der Waals surface area contributed by atoms with Crippen LogP contribution in [0.3, 0.4) is 0 Å². The van der Waals surface area contributed by atoms with Crippen LogP contribution >= 0.6 is 0 Å². The Bertz CT molecular complexity index is 301. The first kappa shape index (κ1) is 5.42. The molecule has 1 radical (unpaired) electrons. The lowest BCUT2D eigenvalue weighted by Crippen LogP contribution is -1.84. The van der Waals surface area contributed by atoms with Crippen molar-refractivity contribution in [1.82, 2.24) is 0 Å². The Morgan fingerprint density at radius 1 is 1.20 bits per heavy atom. The van der Waals surface area contributed by atoms with Crippen molar-refractivity contribution in [3.8, 4) is 0 Å². The van der Waals surface area contributed by atoms with E-state index in [0.29, 0.717) is 5.57 Å². The zero-order chi connectivity index (χ0) is 6.97. The van der Waals surface area contributed by atoms with Crippen LogP contribution in [-0.4, -0.2) is 6.29 Å². The molecule has 0 saturated carbocycles. The molecule has 0 saturated heterocycles. The van der Waals surface area contributed by atoms with Crippen LogP contribution in [0.25, 0.3) is 0 Å². The first-order valence-electron chi connectivity index (χ1n) is 3.11. The minimum atomic E-state index is 0.667. The van der Waals surface area contributed by atoms with Crippen LogP contribution in [0.15, 0.2) is 47.1 Å². The SMILES string of the molecule is O=[C]C1=CC=C2C=CC=C12. The summed E-state index contributed by atoms with van der Waals surface area (Å²) in [4.78, 5) is 10.3. The van der Waals surface area contributed by atoms with Gasteiger partial charge in [-0.1, -0.05) is 24.3 Å². The quantitative estimate of drug-likeness (QED) is 0.523. The third-order valence-corrected chi connectivity index (χ3v) is 1.68. The van der Waals surface area contributed by atoms with Gasteiger partial charge in [-0.3, -0.25) is 4.79 Å². The van der Waals surface area contributed by atoms with Gasteiger partial charge in [-0.05, 0) is 17.2 Å². The third-order valence-electron chi connectivity index (χ3n) is 1.68. The molecule has 0 aromatic heterocycles. The number of carbonyl (C=O) groups excluding carboxylic acids is 1. The summed E-state index contributed by atoms with van der Waals surface area (Å²) in [5.74, 6) is 0. The van der Waals surface area contributed by atoms with Gasteiger partial charge in [-0.15, -0.1) is 0 Å². The molecule has 1 heteroatoms. The number of allylic oxidation sites excluding steroid dienone is 8. The average molecular weight is 129 g/mol. The van der Waals surface area contributed by atoms with Gasteiger partial charge >= 0.3 is 0 Å². The average Bonchev–Trinajstić information content (AvgIpc) is 2.44. The number of rotatable bonds is 1. The molecular formula is C9H5O. The predicted molar refractivity (Wildman–Crippen MR) is 39.1 cm³/mol. The molecule has 0 bridgehead atoms. The molecule has 47 valence electrons. The molecule has 0 aromatic rings. The van der Waals surface area contributed by atoms with Gasteiger partial charge in [-0.25, -0.2) is 0 Å². The molecule has 10 heavy (non-hydrogen) atoms. The van der Waals surface area contributed by atoms with Crippen molar-refractivity contribution >= 4 is 6.29 Å². The predicted octanol–water partition coefficient (Wildman–Crippen LogP) is 1.46. The lowest BCUT2D eigenvalue weighted by molar-refractivity contribution is 0.562. The fourth-order valence-corrected chi connectivity index (χ4v) is 1.18. The van der Waals surface area contributed by atoms with Crippen molar-refractivity contribution in [3.63, 3.8) is 0 Å². The fraction of sp³-hybridized carbons (Fsp3) is 0. The first-order valence-corrected chi connectivity index (χ1v) is 3.11. The van der Waals surface area contributed by atoms with E-state index in [2.05, 4.69) is 0 Å². The van der Waals surface area contributed by atoms with Gasteiger partial charge in [0.05, 0.1) is 0 Å². The van der Waals surface area contributed by atoms with Gasteiger partial charge in [-0.2, -0.15) is 0 Å². The minimum Gasteiger partial charge on any atom is -0.285 e. The van der Waals surface area contributed by atoms with E-state index in [9.17, 15) is 4.79 Å².